The maximum absolute atomic E-state index is 6.20. The minimum absolute atomic E-state index is 0.774. The van der Waals surface area contributed by atoms with E-state index in [2.05, 4.69) is 9.97 Å². The Balaban J connectivity index is 2.64. The highest BCUT2D eigenvalue weighted by Gasteiger charge is 2.10. The molecule has 0 fully saturated rings. The molecule has 0 amide bonds. The van der Waals surface area contributed by atoms with Gasteiger partial charge in [-0.05, 0) is 22.9 Å². The van der Waals surface area contributed by atoms with E-state index in [1.54, 1.807) is 12.4 Å². The Morgan fingerprint density at radius 3 is 2.24 bits per heavy atom. The lowest BCUT2D eigenvalue weighted by molar-refractivity contribution is 1.38. The molecule has 2 heterocycles. The molecule has 77 valence electrons. The van der Waals surface area contributed by atoms with Crippen LogP contribution in [0, 0.1) is 0 Å². The summed E-state index contributed by atoms with van der Waals surface area (Å²) in [6, 6.07) is 7.83. The topological polar surface area (TPSA) is 25.8 Å². The summed E-state index contributed by atoms with van der Waals surface area (Å²) < 4.78 is 0. The summed E-state index contributed by atoms with van der Waals surface area (Å²) in [5, 5.41) is 2.02. The van der Waals surface area contributed by atoms with Crippen molar-refractivity contribution in [1.82, 2.24) is 9.97 Å². The number of aromatic nitrogens is 2. The van der Waals surface area contributed by atoms with Gasteiger partial charge < -0.3 is 0 Å². The quantitative estimate of drug-likeness (QED) is 0.446. The van der Waals surface area contributed by atoms with Crippen molar-refractivity contribution >= 4 is 47.9 Å². The Kier molecular flexibility index (Phi) is 2.36. The van der Waals surface area contributed by atoms with Crippen molar-refractivity contribution in [3.8, 4) is 0 Å². The minimum atomic E-state index is 0.774. The summed E-state index contributed by atoms with van der Waals surface area (Å²) in [6.07, 6.45) is 3.55. The van der Waals surface area contributed by atoms with E-state index >= 15 is 0 Å². The molecule has 0 saturated carbocycles. The first-order chi connectivity index (χ1) is 8.33. The fourth-order valence-electron chi connectivity index (χ4n) is 2.22. The molecular formula is C13H9B2N2. The molecule has 0 unspecified atom stereocenters. The third-order valence-electron chi connectivity index (χ3n) is 3.00. The molecule has 0 saturated heterocycles. The minimum Gasteiger partial charge on any atom is -0.254 e. The molecule has 0 aliphatic heterocycles. The van der Waals surface area contributed by atoms with Gasteiger partial charge in [0.1, 0.15) is 15.1 Å². The van der Waals surface area contributed by atoms with Crippen LogP contribution < -0.4 is 10.9 Å². The van der Waals surface area contributed by atoms with Crippen molar-refractivity contribution in [2.24, 2.45) is 0 Å². The van der Waals surface area contributed by atoms with Crippen molar-refractivity contribution in [3.63, 3.8) is 0 Å². The molecule has 17 heavy (non-hydrogen) atoms. The van der Waals surface area contributed by atoms with E-state index < -0.39 is 0 Å². The van der Waals surface area contributed by atoms with E-state index in [1.807, 2.05) is 38.4 Å². The number of nitrogens with zero attached hydrogens (tertiary/aromatic N) is 2. The molecule has 3 rings (SSSR count). The average Bonchev–Trinajstić information content (AvgIpc) is 2.40. The zero-order valence-corrected chi connectivity index (χ0v) is 9.51. The zero-order valence-electron chi connectivity index (χ0n) is 9.51. The summed E-state index contributed by atoms with van der Waals surface area (Å²) in [6.45, 7) is 1.99. The Morgan fingerprint density at radius 1 is 1.00 bits per heavy atom. The summed E-state index contributed by atoms with van der Waals surface area (Å²) in [7, 11) is 8.22. The maximum atomic E-state index is 6.20. The van der Waals surface area contributed by atoms with Gasteiger partial charge in [-0.25, -0.2) is 0 Å². The molecule has 0 atom stereocenters. The predicted molar refractivity (Wildman–Crippen MR) is 73.7 cm³/mol. The third-order valence-corrected chi connectivity index (χ3v) is 3.00. The molecule has 0 aliphatic rings. The molecule has 2 aromatic heterocycles. The fourth-order valence-corrected chi connectivity index (χ4v) is 2.22. The van der Waals surface area contributed by atoms with E-state index in [-0.39, 0.29) is 0 Å². The average molecular weight is 215 g/mol. The predicted octanol–water partition coefficient (Wildman–Crippen LogP) is 0.954. The lowest BCUT2D eigenvalue weighted by atomic mass is 9.64. The second-order valence-corrected chi connectivity index (χ2v) is 3.92. The highest BCUT2D eigenvalue weighted by molar-refractivity contribution is 6.65. The van der Waals surface area contributed by atoms with Gasteiger partial charge in [-0.1, -0.05) is 29.9 Å². The van der Waals surface area contributed by atoms with E-state index in [1.165, 1.54) is 0 Å². The first-order valence-corrected chi connectivity index (χ1v) is 5.53. The van der Waals surface area contributed by atoms with Gasteiger partial charge in [0, 0.05) is 12.4 Å². The Morgan fingerprint density at radius 2 is 1.59 bits per heavy atom. The van der Waals surface area contributed by atoms with Crippen molar-refractivity contribution in [2.45, 2.75) is 6.82 Å². The highest BCUT2D eigenvalue weighted by Crippen LogP contribution is 2.17. The summed E-state index contributed by atoms with van der Waals surface area (Å²) in [4.78, 5) is 8.81. The van der Waals surface area contributed by atoms with Gasteiger partial charge in [0.15, 0.2) is 0 Å². The standard InChI is InChI=1S/C13H9B2N2/c1-15-11-9-5-3-7-17-13(9)12-8(10(11)14)4-2-6-16-12/h2-7H,1H3. The molecular weight excluding hydrogens is 206 g/mol. The molecule has 3 aromatic rings. The SMILES string of the molecule is [B]c1c([B]C)c2cccnc2c2ncccc12. The molecule has 1 aromatic carbocycles. The van der Waals surface area contributed by atoms with Crippen LogP contribution in [0.3, 0.4) is 0 Å². The molecule has 3 radical (unpaired) electrons. The van der Waals surface area contributed by atoms with Gasteiger partial charge >= 0.3 is 0 Å². The number of hydrogen-bond acceptors (Lipinski definition) is 2. The lowest BCUT2D eigenvalue weighted by Crippen LogP contribution is -2.31. The van der Waals surface area contributed by atoms with Gasteiger partial charge in [-0.15, -0.1) is 0 Å². The van der Waals surface area contributed by atoms with Crippen LogP contribution in [0.2, 0.25) is 6.82 Å². The van der Waals surface area contributed by atoms with Crippen LogP contribution in [0.4, 0.5) is 0 Å². The first-order valence-electron chi connectivity index (χ1n) is 5.53. The van der Waals surface area contributed by atoms with E-state index in [0.717, 1.165) is 32.7 Å². The summed E-state index contributed by atoms with van der Waals surface area (Å²) in [5.74, 6) is 0. The summed E-state index contributed by atoms with van der Waals surface area (Å²) >= 11 is 0. The van der Waals surface area contributed by atoms with Gasteiger partial charge in [0.25, 0.3) is 0 Å². The molecule has 0 aliphatic carbocycles. The van der Waals surface area contributed by atoms with Crippen LogP contribution >= 0.6 is 0 Å². The third kappa shape index (κ3) is 1.44. The van der Waals surface area contributed by atoms with Crippen LogP contribution in [0.5, 0.6) is 0 Å². The van der Waals surface area contributed by atoms with Crippen LogP contribution in [-0.2, 0) is 0 Å². The fraction of sp³-hybridized carbons (Fsp3) is 0.0769. The molecule has 0 N–H and O–H groups in total. The van der Waals surface area contributed by atoms with Crippen molar-refractivity contribution in [2.75, 3.05) is 0 Å². The van der Waals surface area contributed by atoms with E-state index in [0.29, 0.717) is 0 Å². The van der Waals surface area contributed by atoms with Crippen LogP contribution in [0.25, 0.3) is 21.8 Å². The smallest absolute Gasteiger partial charge is 0.148 e. The number of benzene rings is 1. The van der Waals surface area contributed by atoms with Crippen molar-refractivity contribution in [1.29, 1.82) is 0 Å². The monoisotopic (exact) mass is 215 g/mol. The normalized spacial score (nSPS) is 10.9. The number of fused-ring (bicyclic) bond motifs is 3. The largest absolute Gasteiger partial charge is 0.254 e. The Labute approximate surface area is 102 Å². The zero-order chi connectivity index (χ0) is 11.8. The van der Waals surface area contributed by atoms with Crippen LogP contribution in [0.15, 0.2) is 36.7 Å². The van der Waals surface area contributed by atoms with Crippen LogP contribution in [-0.4, -0.2) is 25.1 Å². The van der Waals surface area contributed by atoms with E-state index in [4.69, 9.17) is 7.85 Å². The second kappa shape index (κ2) is 3.88. The number of pyridine rings is 2. The van der Waals surface area contributed by atoms with Crippen molar-refractivity contribution in [3.05, 3.63) is 36.7 Å². The van der Waals surface area contributed by atoms with Gasteiger partial charge in [0.05, 0.1) is 11.0 Å². The first kappa shape index (κ1) is 10.3. The highest BCUT2D eigenvalue weighted by atomic mass is 14.7. The molecule has 4 heteroatoms. The van der Waals surface area contributed by atoms with Gasteiger partial charge in [0.2, 0.25) is 0 Å². The summed E-state index contributed by atoms with van der Waals surface area (Å²) in [5.41, 5.74) is 3.58. The van der Waals surface area contributed by atoms with Gasteiger partial charge in [-0.3, -0.25) is 9.97 Å². The van der Waals surface area contributed by atoms with E-state index in [9.17, 15) is 0 Å². The number of rotatable bonds is 1. The molecule has 2 nitrogen and oxygen atoms in total. The Hall–Kier alpha value is -1.83. The van der Waals surface area contributed by atoms with Crippen molar-refractivity contribution < 1.29 is 0 Å². The Bertz CT molecular complexity index is 710. The maximum Gasteiger partial charge on any atom is 0.148 e. The van der Waals surface area contributed by atoms with Crippen LogP contribution in [0.1, 0.15) is 0 Å². The molecule has 0 spiro atoms. The molecule has 0 bridgehead atoms. The lowest BCUT2D eigenvalue weighted by Gasteiger charge is -2.12. The number of hydrogen-bond donors (Lipinski definition) is 0. The second-order valence-electron chi connectivity index (χ2n) is 3.92. The van der Waals surface area contributed by atoms with Gasteiger partial charge in [-0.2, -0.15) is 0 Å².